The molecule has 0 fully saturated rings. The second kappa shape index (κ2) is 7.00. The highest BCUT2D eigenvalue weighted by Crippen LogP contribution is 2.26. The van der Waals surface area contributed by atoms with Crippen molar-refractivity contribution in [3.8, 4) is 11.3 Å². The molecule has 0 aliphatic heterocycles. The zero-order valence-corrected chi connectivity index (χ0v) is 15.4. The maximum absolute atomic E-state index is 12.7. The number of benzene rings is 2. The highest BCUT2D eigenvalue weighted by atomic mass is 35.5. The minimum atomic E-state index is -3.70. The van der Waals surface area contributed by atoms with Crippen LogP contribution in [0.1, 0.15) is 17.0 Å². The summed E-state index contributed by atoms with van der Waals surface area (Å²) in [7, 11) is -3.70. The standard InChI is InChI=1S/C18H17ClN2O3S/c1-12-7-8-14(17-11-20-13(2)24-17)9-18(12)25(22,23)21-10-15-5-3-4-6-16(15)19/h3-9,11,21H,10H2,1-2H3. The summed E-state index contributed by atoms with van der Waals surface area (Å²) in [4.78, 5) is 4.25. The fraction of sp³-hybridized carbons (Fsp3) is 0.167. The quantitative estimate of drug-likeness (QED) is 0.727. The van der Waals surface area contributed by atoms with Gasteiger partial charge in [0.1, 0.15) is 0 Å². The van der Waals surface area contributed by atoms with E-state index < -0.39 is 10.0 Å². The van der Waals surface area contributed by atoms with E-state index in [4.69, 9.17) is 16.0 Å². The van der Waals surface area contributed by atoms with E-state index in [1.807, 2.05) is 12.1 Å². The molecule has 0 bridgehead atoms. The predicted octanol–water partition coefficient (Wildman–Crippen LogP) is 4.09. The van der Waals surface area contributed by atoms with E-state index in [0.717, 1.165) is 0 Å². The Morgan fingerprint density at radius 2 is 1.92 bits per heavy atom. The lowest BCUT2D eigenvalue weighted by Crippen LogP contribution is -2.24. The predicted molar refractivity (Wildman–Crippen MR) is 96.9 cm³/mol. The molecule has 7 heteroatoms. The van der Waals surface area contributed by atoms with Crippen LogP contribution >= 0.6 is 11.6 Å². The molecule has 3 rings (SSSR count). The molecule has 2 aromatic carbocycles. The molecule has 0 atom stereocenters. The van der Waals surface area contributed by atoms with Crippen LogP contribution < -0.4 is 4.72 Å². The van der Waals surface area contributed by atoms with E-state index in [2.05, 4.69) is 9.71 Å². The van der Waals surface area contributed by atoms with Crippen molar-refractivity contribution < 1.29 is 12.8 Å². The summed E-state index contributed by atoms with van der Waals surface area (Å²) < 4.78 is 33.5. The molecule has 130 valence electrons. The summed E-state index contributed by atoms with van der Waals surface area (Å²) in [6.45, 7) is 3.60. The van der Waals surface area contributed by atoms with Gasteiger partial charge in [0.25, 0.3) is 0 Å². The Kier molecular flexibility index (Phi) is 4.94. The molecular formula is C18H17ClN2O3S. The fourth-order valence-corrected chi connectivity index (χ4v) is 3.91. The summed E-state index contributed by atoms with van der Waals surface area (Å²) in [5.74, 6) is 1.05. The van der Waals surface area contributed by atoms with Crippen molar-refractivity contribution in [3.05, 3.63) is 70.7 Å². The minimum absolute atomic E-state index is 0.118. The Balaban J connectivity index is 1.90. The van der Waals surface area contributed by atoms with Crippen LogP contribution in [0.15, 0.2) is 58.0 Å². The lowest BCUT2D eigenvalue weighted by atomic mass is 10.1. The van der Waals surface area contributed by atoms with Gasteiger partial charge in [0.05, 0.1) is 11.1 Å². The molecule has 0 saturated carbocycles. The van der Waals surface area contributed by atoms with Gasteiger partial charge in [0.15, 0.2) is 11.7 Å². The number of rotatable bonds is 5. The second-order valence-corrected chi connectivity index (χ2v) is 7.78. The third-order valence-electron chi connectivity index (χ3n) is 3.79. The largest absolute Gasteiger partial charge is 0.441 e. The summed E-state index contributed by atoms with van der Waals surface area (Å²) in [5, 5.41) is 0.521. The van der Waals surface area contributed by atoms with E-state index in [-0.39, 0.29) is 11.4 Å². The van der Waals surface area contributed by atoms with E-state index >= 15 is 0 Å². The van der Waals surface area contributed by atoms with Crippen LogP contribution in [0.3, 0.4) is 0 Å². The first-order chi connectivity index (χ1) is 11.9. The first kappa shape index (κ1) is 17.7. The number of nitrogens with zero attached hydrogens (tertiary/aromatic N) is 1. The van der Waals surface area contributed by atoms with Crippen LogP contribution in [0.25, 0.3) is 11.3 Å². The maximum Gasteiger partial charge on any atom is 0.241 e. The maximum atomic E-state index is 12.7. The van der Waals surface area contributed by atoms with Crippen LogP contribution in [0, 0.1) is 13.8 Å². The SMILES string of the molecule is Cc1ncc(-c2ccc(C)c(S(=O)(=O)NCc3ccccc3Cl)c2)o1. The van der Waals surface area contributed by atoms with Crippen LogP contribution in [0.2, 0.25) is 5.02 Å². The summed E-state index contributed by atoms with van der Waals surface area (Å²) >= 11 is 6.08. The van der Waals surface area contributed by atoms with Gasteiger partial charge in [-0.25, -0.2) is 18.1 Å². The molecule has 0 spiro atoms. The molecule has 3 aromatic rings. The molecule has 25 heavy (non-hydrogen) atoms. The number of nitrogens with one attached hydrogen (secondary N) is 1. The topological polar surface area (TPSA) is 72.2 Å². The van der Waals surface area contributed by atoms with E-state index in [0.29, 0.717) is 33.4 Å². The molecule has 5 nitrogen and oxygen atoms in total. The van der Waals surface area contributed by atoms with Crippen molar-refractivity contribution in [1.82, 2.24) is 9.71 Å². The number of halogens is 1. The van der Waals surface area contributed by atoms with Gasteiger partial charge in [-0.15, -0.1) is 0 Å². The third kappa shape index (κ3) is 3.92. The molecule has 1 N–H and O–H groups in total. The third-order valence-corrected chi connectivity index (χ3v) is 5.71. The lowest BCUT2D eigenvalue weighted by molar-refractivity contribution is 0.534. The lowest BCUT2D eigenvalue weighted by Gasteiger charge is -2.11. The summed E-state index contributed by atoms with van der Waals surface area (Å²) in [5.41, 5.74) is 2.02. The van der Waals surface area contributed by atoms with Crippen LogP contribution in [0.5, 0.6) is 0 Å². The average molecular weight is 377 g/mol. The van der Waals surface area contributed by atoms with Crippen molar-refractivity contribution in [2.75, 3.05) is 0 Å². The average Bonchev–Trinajstić information content (AvgIpc) is 3.01. The van der Waals surface area contributed by atoms with Crippen LogP contribution in [-0.4, -0.2) is 13.4 Å². The van der Waals surface area contributed by atoms with Gasteiger partial charge in [-0.2, -0.15) is 0 Å². The van der Waals surface area contributed by atoms with Gasteiger partial charge < -0.3 is 4.42 Å². The normalized spacial score (nSPS) is 11.6. The van der Waals surface area contributed by atoms with Crippen molar-refractivity contribution in [3.63, 3.8) is 0 Å². The Morgan fingerprint density at radius 3 is 2.60 bits per heavy atom. The van der Waals surface area contributed by atoms with Crippen molar-refractivity contribution in [2.45, 2.75) is 25.3 Å². The zero-order chi connectivity index (χ0) is 18.0. The van der Waals surface area contributed by atoms with Crippen LogP contribution in [-0.2, 0) is 16.6 Å². The fourth-order valence-electron chi connectivity index (χ4n) is 2.43. The highest BCUT2D eigenvalue weighted by Gasteiger charge is 2.19. The molecule has 0 aliphatic carbocycles. The molecule has 0 amide bonds. The molecule has 1 aromatic heterocycles. The molecule has 0 radical (unpaired) electrons. The second-order valence-electron chi connectivity index (χ2n) is 5.64. The van der Waals surface area contributed by atoms with Crippen molar-refractivity contribution in [2.24, 2.45) is 0 Å². The Morgan fingerprint density at radius 1 is 1.16 bits per heavy atom. The highest BCUT2D eigenvalue weighted by molar-refractivity contribution is 7.89. The first-order valence-corrected chi connectivity index (χ1v) is 9.49. The minimum Gasteiger partial charge on any atom is -0.441 e. The number of aryl methyl sites for hydroxylation is 2. The van der Waals surface area contributed by atoms with Gasteiger partial charge in [0, 0.05) is 24.1 Å². The summed E-state index contributed by atoms with van der Waals surface area (Å²) in [6.07, 6.45) is 1.58. The number of hydrogen-bond acceptors (Lipinski definition) is 4. The number of aromatic nitrogens is 1. The van der Waals surface area contributed by atoms with Crippen molar-refractivity contribution in [1.29, 1.82) is 0 Å². The van der Waals surface area contributed by atoms with Gasteiger partial charge in [-0.3, -0.25) is 0 Å². The Labute approximate surface area is 151 Å². The number of hydrogen-bond donors (Lipinski definition) is 1. The van der Waals surface area contributed by atoms with E-state index in [9.17, 15) is 8.42 Å². The first-order valence-electron chi connectivity index (χ1n) is 7.63. The molecular weight excluding hydrogens is 360 g/mol. The molecule has 1 heterocycles. The smallest absolute Gasteiger partial charge is 0.241 e. The van der Waals surface area contributed by atoms with Crippen molar-refractivity contribution >= 4 is 21.6 Å². The van der Waals surface area contributed by atoms with Crippen LogP contribution in [0.4, 0.5) is 0 Å². The van der Waals surface area contributed by atoms with Gasteiger partial charge >= 0.3 is 0 Å². The van der Waals surface area contributed by atoms with E-state index in [1.54, 1.807) is 50.4 Å². The Bertz CT molecular complexity index is 1010. The van der Waals surface area contributed by atoms with Gasteiger partial charge in [0.2, 0.25) is 10.0 Å². The molecule has 0 saturated heterocycles. The van der Waals surface area contributed by atoms with E-state index in [1.165, 1.54) is 0 Å². The number of sulfonamides is 1. The zero-order valence-electron chi connectivity index (χ0n) is 13.8. The number of oxazole rings is 1. The molecule has 0 aliphatic rings. The monoisotopic (exact) mass is 376 g/mol. The Hall–Kier alpha value is -2.15. The molecule has 0 unspecified atom stereocenters. The van der Waals surface area contributed by atoms with Gasteiger partial charge in [-0.05, 0) is 30.2 Å². The van der Waals surface area contributed by atoms with Gasteiger partial charge in [-0.1, -0.05) is 41.9 Å². The summed E-state index contributed by atoms with van der Waals surface area (Å²) in [6, 6.07) is 12.3.